The molecule has 1 atom stereocenters. The SMILES string of the molecule is Cc1ccccc1N1CCN(C(=O)c2n[nH]c3c2CCCC3)[C@@H](C)C1. The number of carbonyl (C=O) groups excluding carboxylic acids is 1. The van der Waals surface area contributed by atoms with Crippen LogP contribution in [0.2, 0.25) is 0 Å². The van der Waals surface area contributed by atoms with Gasteiger partial charge in [0, 0.05) is 42.6 Å². The van der Waals surface area contributed by atoms with Gasteiger partial charge in [-0.05, 0) is 51.2 Å². The summed E-state index contributed by atoms with van der Waals surface area (Å²) in [5, 5.41) is 7.46. The number of benzene rings is 1. The Bertz CT molecular complexity index is 782. The lowest BCUT2D eigenvalue weighted by atomic mass is 9.95. The topological polar surface area (TPSA) is 52.2 Å². The second-order valence-electron chi connectivity index (χ2n) is 7.32. The number of H-pyrrole nitrogens is 1. The Balaban J connectivity index is 1.51. The Kier molecular flexibility index (Phi) is 4.24. The fourth-order valence-electron chi connectivity index (χ4n) is 4.19. The van der Waals surface area contributed by atoms with E-state index >= 15 is 0 Å². The maximum atomic E-state index is 13.1. The molecule has 2 aliphatic rings. The van der Waals surface area contributed by atoms with E-state index in [0.29, 0.717) is 5.69 Å². The summed E-state index contributed by atoms with van der Waals surface area (Å²) in [5.41, 5.74) is 5.55. The van der Waals surface area contributed by atoms with Crippen molar-refractivity contribution in [2.45, 2.75) is 45.6 Å². The van der Waals surface area contributed by atoms with Gasteiger partial charge in [0.2, 0.25) is 0 Å². The van der Waals surface area contributed by atoms with Crippen molar-refractivity contribution >= 4 is 11.6 Å². The number of nitrogens with zero attached hydrogens (tertiary/aromatic N) is 3. The number of para-hydroxylation sites is 1. The highest BCUT2D eigenvalue weighted by atomic mass is 16.2. The van der Waals surface area contributed by atoms with Crippen LogP contribution in [-0.2, 0) is 12.8 Å². The predicted molar refractivity (Wildman–Crippen MR) is 99.1 cm³/mol. The van der Waals surface area contributed by atoms with Crippen LogP contribution in [0.5, 0.6) is 0 Å². The zero-order valence-electron chi connectivity index (χ0n) is 15.1. The fraction of sp³-hybridized carbons (Fsp3) is 0.500. The number of amides is 1. The Hall–Kier alpha value is -2.30. The normalized spacial score (nSPS) is 20.5. The number of hydrogen-bond acceptors (Lipinski definition) is 3. The van der Waals surface area contributed by atoms with Crippen molar-refractivity contribution in [1.29, 1.82) is 0 Å². The van der Waals surface area contributed by atoms with E-state index < -0.39 is 0 Å². The number of carbonyl (C=O) groups is 1. The molecule has 1 fully saturated rings. The number of piperazine rings is 1. The summed E-state index contributed by atoms with van der Waals surface area (Å²) < 4.78 is 0. The van der Waals surface area contributed by atoms with Crippen LogP contribution in [0.15, 0.2) is 24.3 Å². The van der Waals surface area contributed by atoms with E-state index in [1.165, 1.54) is 23.4 Å². The average Bonchev–Trinajstić information content (AvgIpc) is 3.05. The maximum absolute atomic E-state index is 13.1. The molecule has 5 heteroatoms. The Morgan fingerprint density at radius 3 is 2.80 bits per heavy atom. The summed E-state index contributed by atoms with van der Waals surface area (Å²) in [6, 6.07) is 8.65. The molecule has 0 spiro atoms. The third-order valence-corrected chi connectivity index (χ3v) is 5.60. The van der Waals surface area contributed by atoms with E-state index in [1.54, 1.807) is 0 Å². The number of anilines is 1. The zero-order chi connectivity index (χ0) is 17.4. The van der Waals surface area contributed by atoms with E-state index in [1.807, 2.05) is 4.90 Å². The standard InChI is InChI=1S/C20H26N4O/c1-14-7-3-6-10-18(14)23-11-12-24(15(2)13-23)20(25)19-16-8-4-5-9-17(16)21-22-19/h3,6-7,10,15H,4-5,8-9,11-13H2,1-2H3,(H,21,22)/t15-/m0/s1. The van der Waals surface area contributed by atoms with Gasteiger partial charge in [-0.25, -0.2) is 0 Å². The second-order valence-corrected chi connectivity index (χ2v) is 7.32. The van der Waals surface area contributed by atoms with Crippen LogP contribution in [0.3, 0.4) is 0 Å². The summed E-state index contributed by atoms with van der Waals surface area (Å²) >= 11 is 0. The lowest BCUT2D eigenvalue weighted by Crippen LogP contribution is -2.54. The zero-order valence-corrected chi connectivity index (χ0v) is 15.1. The van der Waals surface area contributed by atoms with Crippen LogP contribution in [0, 0.1) is 6.92 Å². The smallest absolute Gasteiger partial charge is 0.275 e. The summed E-state index contributed by atoms with van der Waals surface area (Å²) in [4.78, 5) is 17.5. The molecule has 2 heterocycles. The lowest BCUT2D eigenvalue weighted by molar-refractivity contribution is 0.0666. The molecule has 132 valence electrons. The average molecular weight is 338 g/mol. The first kappa shape index (κ1) is 16.2. The van der Waals surface area contributed by atoms with Gasteiger partial charge in [0.15, 0.2) is 5.69 Å². The van der Waals surface area contributed by atoms with Gasteiger partial charge in [0.1, 0.15) is 0 Å². The number of rotatable bonds is 2. The van der Waals surface area contributed by atoms with Crippen LogP contribution in [-0.4, -0.2) is 46.7 Å². The van der Waals surface area contributed by atoms with Gasteiger partial charge >= 0.3 is 0 Å². The molecule has 0 bridgehead atoms. The quantitative estimate of drug-likeness (QED) is 0.916. The first-order valence-electron chi connectivity index (χ1n) is 9.33. The molecule has 1 aliphatic carbocycles. The molecule has 4 rings (SSSR count). The summed E-state index contributed by atoms with van der Waals surface area (Å²) in [6.07, 6.45) is 4.34. The first-order chi connectivity index (χ1) is 12.1. The first-order valence-corrected chi connectivity index (χ1v) is 9.33. The molecule has 1 saturated heterocycles. The van der Waals surface area contributed by atoms with E-state index in [-0.39, 0.29) is 11.9 Å². The number of fused-ring (bicyclic) bond motifs is 1. The Morgan fingerprint density at radius 2 is 2.00 bits per heavy atom. The van der Waals surface area contributed by atoms with Crippen LogP contribution in [0.1, 0.15) is 47.1 Å². The van der Waals surface area contributed by atoms with Crippen molar-refractivity contribution < 1.29 is 4.79 Å². The van der Waals surface area contributed by atoms with Gasteiger partial charge in [-0.2, -0.15) is 5.10 Å². The van der Waals surface area contributed by atoms with Gasteiger partial charge in [-0.15, -0.1) is 0 Å². The van der Waals surface area contributed by atoms with Crippen molar-refractivity contribution in [2.75, 3.05) is 24.5 Å². The molecule has 0 unspecified atom stereocenters. The maximum Gasteiger partial charge on any atom is 0.275 e. The second kappa shape index (κ2) is 6.54. The number of aromatic nitrogens is 2. The molecule has 1 aromatic heterocycles. The Morgan fingerprint density at radius 1 is 1.20 bits per heavy atom. The van der Waals surface area contributed by atoms with Crippen molar-refractivity contribution in [1.82, 2.24) is 15.1 Å². The number of hydrogen-bond donors (Lipinski definition) is 1. The molecule has 0 saturated carbocycles. The molecular weight excluding hydrogens is 312 g/mol. The summed E-state index contributed by atoms with van der Waals surface area (Å²) in [5.74, 6) is 0.0938. The molecule has 1 aliphatic heterocycles. The highest BCUT2D eigenvalue weighted by Gasteiger charge is 2.32. The van der Waals surface area contributed by atoms with E-state index in [2.05, 4.69) is 53.2 Å². The lowest BCUT2D eigenvalue weighted by Gasteiger charge is -2.41. The van der Waals surface area contributed by atoms with Crippen LogP contribution in [0.25, 0.3) is 0 Å². The summed E-state index contributed by atoms with van der Waals surface area (Å²) in [6.45, 7) is 6.77. The van der Waals surface area contributed by atoms with Gasteiger partial charge in [-0.1, -0.05) is 18.2 Å². The van der Waals surface area contributed by atoms with E-state index in [0.717, 1.165) is 44.5 Å². The van der Waals surface area contributed by atoms with Crippen LogP contribution in [0.4, 0.5) is 5.69 Å². The minimum absolute atomic E-state index is 0.0938. The van der Waals surface area contributed by atoms with Crippen LogP contribution >= 0.6 is 0 Å². The highest BCUT2D eigenvalue weighted by molar-refractivity contribution is 5.94. The highest BCUT2D eigenvalue weighted by Crippen LogP contribution is 2.26. The third-order valence-electron chi connectivity index (χ3n) is 5.60. The molecule has 25 heavy (non-hydrogen) atoms. The largest absolute Gasteiger partial charge is 0.367 e. The predicted octanol–water partition coefficient (Wildman–Crippen LogP) is 2.95. The van der Waals surface area contributed by atoms with Gasteiger partial charge < -0.3 is 9.80 Å². The molecule has 2 aromatic rings. The number of aryl methyl sites for hydroxylation is 2. The van der Waals surface area contributed by atoms with E-state index in [9.17, 15) is 4.79 Å². The minimum atomic E-state index is 0.0938. The molecule has 5 nitrogen and oxygen atoms in total. The monoisotopic (exact) mass is 338 g/mol. The number of aromatic amines is 1. The molecule has 1 amide bonds. The van der Waals surface area contributed by atoms with Crippen molar-refractivity contribution in [3.63, 3.8) is 0 Å². The van der Waals surface area contributed by atoms with Crippen LogP contribution < -0.4 is 4.90 Å². The fourth-order valence-corrected chi connectivity index (χ4v) is 4.19. The minimum Gasteiger partial charge on any atom is -0.367 e. The Labute approximate surface area is 149 Å². The molecule has 1 N–H and O–H groups in total. The van der Waals surface area contributed by atoms with Crippen molar-refractivity contribution in [2.24, 2.45) is 0 Å². The molecular formula is C20H26N4O. The van der Waals surface area contributed by atoms with Crippen molar-refractivity contribution in [3.05, 3.63) is 46.8 Å². The van der Waals surface area contributed by atoms with Gasteiger partial charge in [-0.3, -0.25) is 9.89 Å². The molecule has 1 aromatic carbocycles. The van der Waals surface area contributed by atoms with Crippen molar-refractivity contribution in [3.8, 4) is 0 Å². The third kappa shape index (κ3) is 2.92. The molecule has 0 radical (unpaired) electrons. The van der Waals surface area contributed by atoms with E-state index in [4.69, 9.17) is 0 Å². The van der Waals surface area contributed by atoms with Gasteiger partial charge in [0.05, 0.1) is 0 Å². The number of nitrogens with one attached hydrogen (secondary N) is 1. The van der Waals surface area contributed by atoms with Gasteiger partial charge in [0.25, 0.3) is 5.91 Å². The summed E-state index contributed by atoms with van der Waals surface area (Å²) in [7, 11) is 0.